The Kier molecular flexibility index (Phi) is 3.88. The van der Waals surface area contributed by atoms with E-state index in [0.717, 1.165) is 0 Å². The monoisotopic (exact) mass is 231 g/mol. The first-order valence-electron chi connectivity index (χ1n) is 5.27. The highest BCUT2D eigenvalue weighted by Gasteiger charge is 2.43. The molecular formula is C10H17NO5. The maximum absolute atomic E-state index is 11.2. The highest BCUT2D eigenvalue weighted by atomic mass is 16.4. The van der Waals surface area contributed by atoms with Crippen molar-refractivity contribution in [3.8, 4) is 0 Å². The highest BCUT2D eigenvalue weighted by molar-refractivity contribution is 5.78. The van der Waals surface area contributed by atoms with E-state index >= 15 is 0 Å². The van der Waals surface area contributed by atoms with Crippen molar-refractivity contribution in [2.45, 2.75) is 44.2 Å². The summed E-state index contributed by atoms with van der Waals surface area (Å²) in [5, 5.41) is 27.2. The lowest BCUT2D eigenvalue weighted by Crippen LogP contribution is -2.44. The van der Waals surface area contributed by atoms with Gasteiger partial charge in [0, 0.05) is 0 Å². The van der Waals surface area contributed by atoms with E-state index < -0.39 is 29.5 Å². The molecule has 6 heteroatoms. The van der Waals surface area contributed by atoms with Gasteiger partial charge < -0.3 is 21.1 Å². The predicted molar refractivity (Wildman–Crippen MR) is 54.8 cm³/mol. The minimum atomic E-state index is -1.19. The summed E-state index contributed by atoms with van der Waals surface area (Å²) >= 11 is 0. The Morgan fingerprint density at radius 3 is 2.19 bits per heavy atom. The average Bonchev–Trinajstić information content (AvgIpc) is 2.21. The van der Waals surface area contributed by atoms with Crippen molar-refractivity contribution in [2.75, 3.05) is 0 Å². The molecule has 1 aliphatic carbocycles. The summed E-state index contributed by atoms with van der Waals surface area (Å²) in [7, 11) is 0. The van der Waals surface area contributed by atoms with Crippen molar-refractivity contribution in [1.82, 2.24) is 0 Å². The Morgan fingerprint density at radius 2 is 1.81 bits per heavy atom. The van der Waals surface area contributed by atoms with Gasteiger partial charge in [0.15, 0.2) is 0 Å². The van der Waals surface area contributed by atoms with E-state index in [4.69, 9.17) is 10.8 Å². The van der Waals surface area contributed by atoms with Crippen LogP contribution in [-0.2, 0) is 9.59 Å². The summed E-state index contributed by atoms with van der Waals surface area (Å²) in [4.78, 5) is 21.8. The van der Waals surface area contributed by atoms with Crippen molar-refractivity contribution >= 4 is 11.9 Å². The summed E-state index contributed by atoms with van der Waals surface area (Å²) in [6.45, 7) is 0. The number of hydrogen-bond acceptors (Lipinski definition) is 4. The molecule has 92 valence electrons. The van der Waals surface area contributed by atoms with Crippen molar-refractivity contribution in [3.63, 3.8) is 0 Å². The largest absolute Gasteiger partial charge is 0.481 e. The fourth-order valence-corrected chi connectivity index (χ4v) is 2.17. The zero-order valence-electron chi connectivity index (χ0n) is 8.93. The molecule has 1 fully saturated rings. The quantitative estimate of drug-likeness (QED) is 0.531. The van der Waals surface area contributed by atoms with Crippen LogP contribution in [0.5, 0.6) is 0 Å². The topological polar surface area (TPSA) is 121 Å². The molecule has 1 saturated carbocycles. The van der Waals surface area contributed by atoms with Crippen LogP contribution in [0.1, 0.15) is 32.1 Å². The average molecular weight is 231 g/mol. The molecule has 0 heterocycles. The van der Waals surface area contributed by atoms with Gasteiger partial charge in [-0.3, -0.25) is 9.59 Å². The number of rotatable bonds is 4. The first-order valence-corrected chi connectivity index (χ1v) is 5.27. The fourth-order valence-electron chi connectivity index (χ4n) is 2.17. The maximum Gasteiger partial charge on any atom is 0.320 e. The number of aliphatic carboxylic acids is 2. The summed E-state index contributed by atoms with van der Waals surface area (Å²) in [5.41, 5.74) is 4.29. The van der Waals surface area contributed by atoms with Gasteiger partial charge in [0.1, 0.15) is 6.04 Å². The van der Waals surface area contributed by atoms with Gasteiger partial charge in [0.25, 0.3) is 0 Å². The number of hydrogen-bond donors (Lipinski definition) is 4. The molecule has 1 atom stereocenters. The molecule has 0 spiro atoms. The Hall–Kier alpha value is -1.14. The summed E-state index contributed by atoms with van der Waals surface area (Å²) in [6, 6.07) is -1.16. The second kappa shape index (κ2) is 4.80. The lowest BCUT2D eigenvalue weighted by Gasteiger charge is -2.36. The number of aliphatic hydroxyl groups is 1. The highest BCUT2D eigenvalue weighted by Crippen LogP contribution is 2.40. The second-order valence-corrected chi connectivity index (χ2v) is 4.47. The minimum Gasteiger partial charge on any atom is -0.481 e. The third-order valence-electron chi connectivity index (χ3n) is 3.29. The third kappa shape index (κ3) is 2.70. The number of aliphatic hydroxyl groups excluding tert-OH is 1. The standard InChI is InChI=1S/C10H17NO5/c11-7(8(13)14)5-10(9(15)16)3-1-6(12)2-4-10/h6-7,12H,1-5,11H2,(H,13,14)(H,15,16). The van der Waals surface area contributed by atoms with Gasteiger partial charge >= 0.3 is 11.9 Å². The first kappa shape index (κ1) is 12.9. The van der Waals surface area contributed by atoms with Crippen LogP contribution in [0.25, 0.3) is 0 Å². The summed E-state index contributed by atoms with van der Waals surface area (Å²) in [6.07, 6.45) is 0.782. The molecule has 0 saturated heterocycles. The molecule has 0 aliphatic heterocycles. The minimum absolute atomic E-state index is 0.0790. The molecule has 0 amide bonds. The number of nitrogens with two attached hydrogens (primary N) is 1. The van der Waals surface area contributed by atoms with E-state index in [0.29, 0.717) is 12.8 Å². The zero-order chi connectivity index (χ0) is 12.3. The third-order valence-corrected chi connectivity index (χ3v) is 3.29. The molecule has 0 aromatic rings. The van der Waals surface area contributed by atoms with E-state index in [1.807, 2.05) is 0 Å². The fraction of sp³-hybridized carbons (Fsp3) is 0.800. The van der Waals surface area contributed by atoms with Crippen LogP contribution < -0.4 is 5.73 Å². The molecule has 0 radical (unpaired) electrons. The number of carboxylic acid groups (broad SMARTS) is 2. The lowest BCUT2D eigenvalue weighted by molar-refractivity contribution is -0.154. The molecule has 5 N–H and O–H groups in total. The molecule has 1 aliphatic rings. The van der Waals surface area contributed by atoms with Crippen molar-refractivity contribution in [2.24, 2.45) is 11.1 Å². The summed E-state index contributed by atoms with van der Waals surface area (Å²) < 4.78 is 0. The van der Waals surface area contributed by atoms with E-state index in [9.17, 15) is 19.8 Å². The second-order valence-electron chi connectivity index (χ2n) is 4.47. The normalized spacial score (nSPS) is 32.0. The van der Waals surface area contributed by atoms with E-state index in [1.54, 1.807) is 0 Å². The lowest BCUT2D eigenvalue weighted by atomic mass is 9.69. The van der Waals surface area contributed by atoms with E-state index in [-0.39, 0.29) is 19.3 Å². The Labute approximate surface area is 93.1 Å². The molecule has 1 unspecified atom stereocenters. The SMILES string of the molecule is NC(CC1(C(=O)O)CCC(O)CC1)C(=O)O. The van der Waals surface area contributed by atoms with Crippen LogP contribution in [0.2, 0.25) is 0 Å². The van der Waals surface area contributed by atoms with Gasteiger partial charge in [0.2, 0.25) is 0 Å². The van der Waals surface area contributed by atoms with Crippen LogP contribution in [-0.4, -0.2) is 39.4 Å². The molecule has 0 aromatic heterocycles. The van der Waals surface area contributed by atoms with E-state index in [2.05, 4.69) is 0 Å². The Bertz CT molecular complexity index is 283. The van der Waals surface area contributed by atoms with E-state index in [1.165, 1.54) is 0 Å². The Balaban J connectivity index is 2.74. The van der Waals surface area contributed by atoms with Crippen LogP contribution in [0.4, 0.5) is 0 Å². The van der Waals surface area contributed by atoms with Gasteiger partial charge in [-0.1, -0.05) is 0 Å². The number of carboxylic acids is 2. The van der Waals surface area contributed by atoms with Crippen molar-refractivity contribution < 1.29 is 24.9 Å². The Morgan fingerprint density at radius 1 is 1.31 bits per heavy atom. The molecular weight excluding hydrogens is 214 g/mol. The zero-order valence-corrected chi connectivity index (χ0v) is 8.93. The van der Waals surface area contributed by atoms with Crippen LogP contribution in [0, 0.1) is 5.41 Å². The van der Waals surface area contributed by atoms with Gasteiger partial charge in [-0.25, -0.2) is 0 Å². The van der Waals surface area contributed by atoms with Crippen molar-refractivity contribution in [3.05, 3.63) is 0 Å². The van der Waals surface area contributed by atoms with Gasteiger partial charge in [-0.15, -0.1) is 0 Å². The van der Waals surface area contributed by atoms with Gasteiger partial charge in [0.05, 0.1) is 11.5 Å². The first-order chi connectivity index (χ1) is 7.37. The molecule has 6 nitrogen and oxygen atoms in total. The van der Waals surface area contributed by atoms with Gasteiger partial charge in [-0.2, -0.15) is 0 Å². The maximum atomic E-state index is 11.2. The van der Waals surface area contributed by atoms with Crippen LogP contribution in [0.15, 0.2) is 0 Å². The van der Waals surface area contributed by atoms with Gasteiger partial charge in [-0.05, 0) is 32.1 Å². The smallest absolute Gasteiger partial charge is 0.320 e. The predicted octanol–water partition coefficient (Wildman–Crippen LogP) is -0.206. The van der Waals surface area contributed by atoms with Crippen LogP contribution in [0.3, 0.4) is 0 Å². The number of carbonyl (C=O) groups is 2. The molecule has 0 aromatic carbocycles. The molecule has 16 heavy (non-hydrogen) atoms. The van der Waals surface area contributed by atoms with Crippen LogP contribution >= 0.6 is 0 Å². The van der Waals surface area contributed by atoms with Crippen molar-refractivity contribution in [1.29, 1.82) is 0 Å². The summed E-state index contributed by atoms with van der Waals surface area (Å²) in [5.74, 6) is -2.21. The molecule has 0 bridgehead atoms. The molecule has 1 rings (SSSR count).